The van der Waals surface area contributed by atoms with Gasteiger partial charge in [0.15, 0.2) is 0 Å². The van der Waals surface area contributed by atoms with Crippen LogP contribution in [0.4, 0.5) is 0 Å². The van der Waals surface area contributed by atoms with Crippen LogP contribution in [0.25, 0.3) is 0 Å². The third-order valence-electron chi connectivity index (χ3n) is 5.51. The Morgan fingerprint density at radius 3 is 2.71 bits per heavy atom. The maximum atomic E-state index is 3.88. The molecule has 2 nitrogen and oxygen atoms in total. The Hall–Kier alpha value is -0.860. The van der Waals surface area contributed by atoms with Crippen LogP contribution >= 0.6 is 0 Å². The maximum absolute atomic E-state index is 3.88. The molecule has 1 atom stereocenters. The predicted octanol–water partition coefficient (Wildman–Crippen LogP) is 3.62. The quantitative estimate of drug-likeness (QED) is 0.909. The van der Waals surface area contributed by atoms with E-state index in [1.54, 1.807) is 0 Å². The summed E-state index contributed by atoms with van der Waals surface area (Å²) in [5, 5.41) is 3.88. The van der Waals surface area contributed by atoms with Crippen molar-refractivity contribution in [1.29, 1.82) is 0 Å². The van der Waals surface area contributed by atoms with Crippen LogP contribution < -0.4 is 5.32 Å². The number of aryl methyl sites for hydroxylation is 1. The van der Waals surface area contributed by atoms with E-state index in [-0.39, 0.29) is 0 Å². The van der Waals surface area contributed by atoms with E-state index in [0.717, 1.165) is 6.04 Å². The molecule has 0 bridgehead atoms. The molecular weight excluding hydrogens is 256 g/mol. The molecule has 116 valence electrons. The van der Waals surface area contributed by atoms with Crippen molar-refractivity contribution in [3.05, 3.63) is 35.9 Å². The molecule has 1 aliphatic heterocycles. The van der Waals surface area contributed by atoms with Crippen LogP contribution in [-0.4, -0.2) is 36.1 Å². The molecule has 1 spiro atoms. The molecule has 2 fully saturated rings. The fraction of sp³-hybridized carbons (Fsp3) is 0.684. The Bertz CT molecular complexity index is 422. The van der Waals surface area contributed by atoms with Crippen molar-refractivity contribution < 1.29 is 0 Å². The van der Waals surface area contributed by atoms with Crippen molar-refractivity contribution in [1.82, 2.24) is 10.2 Å². The molecule has 0 aromatic heterocycles. The van der Waals surface area contributed by atoms with E-state index in [0.29, 0.717) is 5.54 Å². The van der Waals surface area contributed by atoms with Crippen LogP contribution in [0.5, 0.6) is 0 Å². The highest BCUT2D eigenvalue weighted by molar-refractivity contribution is 5.14. The molecule has 0 amide bonds. The van der Waals surface area contributed by atoms with Crippen LogP contribution in [0.15, 0.2) is 30.3 Å². The summed E-state index contributed by atoms with van der Waals surface area (Å²) in [5.41, 5.74) is 1.92. The molecule has 21 heavy (non-hydrogen) atoms. The van der Waals surface area contributed by atoms with E-state index in [1.165, 1.54) is 70.1 Å². The number of nitrogens with one attached hydrogen (secondary N) is 1. The lowest BCUT2D eigenvalue weighted by Crippen LogP contribution is -2.50. The summed E-state index contributed by atoms with van der Waals surface area (Å²) < 4.78 is 0. The molecule has 2 aliphatic rings. The fourth-order valence-corrected chi connectivity index (χ4v) is 4.15. The van der Waals surface area contributed by atoms with Crippen LogP contribution in [0.1, 0.15) is 51.0 Å². The van der Waals surface area contributed by atoms with Crippen molar-refractivity contribution in [3.63, 3.8) is 0 Å². The number of benzene rings is 1. The zero-order chi connectivity index (χ0) is 14.5. The predicted molar refractivity (Wildman–Crippen MR) is 89.6 cm³/mol. The zero-order valence-electron chi connectivity index (χ0n) is 13.5. The van der Waals surface area contributed by atoms with Crippen molar-refractivity contribution in [3.8, 4) is 0 Å². The second-order valence-corrected chi connectivity index (χ2v) is 7.11. The number of hydrogen-bond acceptors (Lipinski definition) is 2. The minimum absolute atomic E-state index is 0.442. The molecule has 1 heterocycles. The highest BCUT2D eigenvalue weighted by Gasteiger charge is 2.37. The smallest absolute Gasteiger partial charge is 0.0308 e. The van der Waals surface area contributed by atoms with Gasteiger partial charge in [0.05, 0.1) is 0 Å². The maximum Gasteiger partial charge on any atom is 0.0308 e. The molecule has 1 saturated heterocycles. The minimum atomic E-state index is 0.442. The molecule has 1 aromatic carbocycles. The van der Waals surface area contributed by atoms with Gasteiger partial charge in [0.25, 0.3) is 0 Å². The molecule has 0 radical (unpaired) electrons. The first-order chi connectivity index (χ1) is 10.3. The van der Waals surface area contributed by atoms with E-state index in [2.05, 4.69) is 47.5 Å². The summed E-state index contributed by atoms with van der Waals surface area (Å²) in [6.45, 7) is 6.14. The third-order valence-corrected chi connectivity index (χ3v) is 5.51. The summed E-state index contributed by atoms with van der Waals surface area (Å²) in [6, 6.07) is 11.7. The van der Waals surface area contributed by atoms with Crippen LogP contribution in [0.3, 0.4) is 0 Å². The highest BCUT2D eigenvalue weighted by atomic mass is 15.2. The van der Waals surface area contributed by atoms with E-state index in [4.69, 9.17) is 0 Å². The van der Waals surface area contributed by atoms with E-state index in [1.807, 2.05) is 0 Å². The molecule has 3 rings (SSSR count). The second-order valence-electron chi connectivity index (χ2n) is 7.11. The van der Waals surface area contributed by atoms with Crippen LogP contribution in [-0.2, 0) is 6.42 Å². The molecule has 1 aromatic rings. The van der Waals surface area contributed by atoms with Gasteiger partial charge in [-0.05, 0) is 57.7 Å². The largest absolute Gasteiger partial charge is 0.310 e. The van der Waals surface area contributed by atoms with Gasteiger partial charge in [0.2, 0.25) is 0 Å². The lowest BCUT2D eigenvalue weighted by molar-refractivity contribution is 0.166. The lowest BCUT2D eigenvalue weighted by atomic mass is 9.97. The summed E-state index contributed by atoms with van der Waals surface area (Å²) in [5.74, 6) is 0. The molecule has 2 heteroatoms. The topological polar surface area (TPSA) is 15.3 Å². The van der Waals surface area contributed by atoms with E-state index < -0.39 is 0 Å². The minimum Gasteiger partial charge on any atom is -0.310 e. The van der Waals surface area contributed by atoms with Gasteiger partial charge in [-0.15, -0.1) is 0 Å². The van der Waals surface area contributed by atoms with Gasteiger partial charge in [-0.2, -0.15) is 0 Å². The van der Waals surface area contributed by atoms with Crippen molar-refractivity contribution in [2.45, 2.75) is 63.5 Å². The fourth-order valence-electron chi connectivity index (χ4n) is 4.15. The molecule has 1 saturated carbocycles. The summed E-state index contributed by atoms with van der Waals surface area (Å²) >= 11 is 0. The van der Waals surface area contributed by atoms with E-state index in [9.17, 15) is 0 Å². The Balaban J connectivity index is 1.54. The Kier molecular flexibility index (Phi) is 4.97. The molecular formula is C19H30N2. The summed E-state index contributed by atoms with van der Waals surface area (Å²) in [6.07, 6.45) is 9.39. The first-order valence-electron chi connectivity index (χ1n) is 8.80. The standard InChI is InChI=1S/C19H30N2/c1-17-11-14-20-19(12-5-6-13-19)16-21(17)15-7-10-18-8-3-2-4-9-18/h2-4,8-9,17,20H,5-7,10-16H2,1H3. The van der Waals surface area contributed by atoms with Gasteiger partial charge in [-0.3, -0.25) is 4.90 Å². The first kappa shape index (κ1) is 15.1. The average Bonchev–Trinajstić information content (AvgIpc) is 2.89. The Morgan fingerprint density at radius 2 is 1.95 bits per heavy atom. The van der Waals surface area contributed by atoms with Crippen LogP contribution in [0, 0.1) is 0 Å². The number of nitrogens with zero attached hydrogens (tertiary/aromatic N) is 1. The van der Waals surface area contributed by atoms with Crippen LogP contribution in [0.2, 0.25) is 0 Å². The van der Waals surface area contributed by atoms with Gasteiger partial charge in [-0.1, -0.05) is 43.2 Å². The number of rotatable bonds is 4. The van der Waals surface area contributed by atoms with Gasteiger partial charge >= 0.3 is 0 Å². The Morgan fingerprint density at radius 1 is 1.19 bits per heavy atom. The van der Waals surface area contributed by atoms with Gasteiger partial charge < -0.3 is 5.32 Å². The normalized spacial score (nSPS) is 26.0. The van der Waals surface area contributed by atoms with Gasteiger partial charge in [0.1, 0.15) is 0 Å². The average molecular weight is 286 g/mol. The first-order valence-corrected chi connectivity index (χ1v) is 8.80. The highest BCUT2D eigenvalue weighted by Crippen LogP contribution is 2.32. The lowest BCUT2D eigenvalue weighted by Gasteiger charge is -2.35. The third kappa shape index (κ3) is 3.87. The van der Waals surface area contributed by atoms with Crippen molar-refractivity contribution >= 4 is 0 Å². The van der Waals surface area contributed by atoms with E-state index >= 15 is 0 Å². The second kappa shape index (κ2) is 6.93. The Labute approximate surface area is 129 Å². The molecule has 1 N–H and O–H groups in total. The van der Waals surface area contributed by atoms with Gasteiger partial charge in [0, 0.05) is 18.1 Å². The molecule has 1 unspecified atom stereocenters. The van der Waals surface area contributed by atoms with Crippen molar-refractivity contribution in [2.24, 2.45) is 0 Å². The molecule has 1 aliphatic carbocycles. The SMILES string of the molecule is CC1CCNC2(CCCC2)CN1CCCc1ccccc1. The summed E-state index contributed by atoms with van der Waals surface area (Å²) in [7, 11) is 0. The summed E-state index contributed by atoms with van der Waals surface area (Å²) in [4.78, 5) is 2.76. The van der Waals surface area contributed by atoms with Gasteiger partial charge in [-0.25, -0.2) is 0 Å². The monoisotopic (exact) mass is 286 g/mol. The van der Waals surface area contributed by atoms with Crippen molar-refractivity contribution in [2.75, 3.05) is 19.6 Å². The number of hydrogen-bond donors (Lipinski definition) is 1. The zero-order valence-corrected chi connectivity index (χ0v) is 13.5.